The summed E-state index contributed by atoms with van der Waals surface area (Å²) in [5.74, 6) is 0.181. The minimum atomic E-state index is -4.33. The standard InChI is InChI=1S/C16H15F3NO.Y/c1-11-4-9-15(20(3)12(11)2)13-5-7-14(8-6-13)21-10-16(17,18)19;/h4-8H,2,10H2,1,3H3;/q-1;. The van der Waals surface area contributed by atoms with Crippen LogP contribution in [-0.4, -0.2) is 24.7 Å². The first-order valence-corrected chi connectivity index (χ1v) is 6.31. The molecule has 0 saturated heterocycles. The van der Waals surface area contributed by atoms with Gasteiger partial charge in [-0.15, -0.1) is 17.7 Å². The van der Waals surface area contributed by atoms with Gasteiger partial charge < -0.3 is 9.64 Å². The maximum Gasteiger partial charge on any atom is 0.422 e. The molecule has 0 atom stereocenters. The quantitative estimate of drug-likeness (QED) is 0.727. The van der Waals surface area contributed by atoms with Crippen LogP contribution in [0.5, 0.6) is 5.75 Å². The van der Waals surface area contributed by atoms with Crippen molar-refractivity contribution in [3.8, 4) is 5.75 Å². The Morgan fingerprint density at radius 2 is 1.82 bits per heavy atom. The van der Waals surface area contributed by atoms with Crippen molar-refractivity contribution < 1.29 is 50.6 Å². The summed E-state index contributed by atoms with van der Waals surface area (Å²) in [6.45, 7) is 4.62. The fourth-order valence-electron chi connectivity index (χ4n) is 1.91. The summed E-state index contributed by atoms with van der Waals surface area (Å²) >= 11 is 0. The maximum atomic E-state index is 12.1. The van der Waals surface area contributed by atoms with E-state index in [1.807, 2.05) is 24.9 Å². The molecule has 6 heteroatoms. The number of hydrogen-bond donors (Lipinski definition) is 0. The van der Waals surface area contributed by atoms with Crippen molar-refractivity contribution in [3.05, 3.63) is 59.8 Å². The van der Waals surface area contributed by atoms with Crippen LogP contribution in [0.1, 0.15) is 12.5 Å². The van der Waals surface area contributed by atoms with Crippen LogP contribution in [0.25, 0.3) is 5.70 Å². The van der Waals surface area contributed by atoms with E-state index in [0.29, 0.717) is 0 Å². The molecule has 0 aromatic heterocycles. The predicted octanol–water partition coefficient (Wildman–Crippen LogP) is 4.17. The number of alkyl halides is 3. The molecule has 2 rings (SSSR count). The molecule has 0 spiro atoms. The van der Waals surface area contributed by atoms with Gasteiger partial charge in [-0.3, -0.25) is 0 Å². The molecule has 1 aliphatic heterocycles. The molecule has 0 amide bonds. The summed E-state index contributed by atoms with van der Waals surface area (Å²) in [6.07, 6.45) is 0.644. The third kappa shape index (κ3) is 4.72. The molecule has 0 N–H and O–H groups in total. The number of likely N-dealkylation sites (N-methyl/N-ethyl adjacent to an activating group) is 1. The van der Waals surface area contributed by atoms with E-state index in [1.165, 1.54) is 12.1 Å². The Kier molecular flexibility index (Phi) is 6.44. The van der Waals surface area contributed by atoms with Crippen LogP contribution in [0.2, 0.25) is 0 Å². The number of allylic oxidation sites excluding steroid dienone is 3. The fourth-order valence-corrected chi connectivity index (χ4v) is 1.91. The Morgan fingerprint density at radius 1 is 1.23 bits per heavy atom. The van der Waals surface area contributed by atoms with Crippen LogP contribution in [0.3, 0.4) is 0 Å². The molecule has 2 nitrogen and oxygen atoms in total. The smallest absolute Gasteiger partial charge is 0.422 e. The largest absolute Gasteiger partial charge is 0.484 e. The van der Waals surface area contributed by atoms with Gasteiger partial charge >= 0.3 is 6.18 Å². The maximum absolute atomic E-state index is 12.1. The first-order valence-electron chi connectivity index (χ1n) is 6.31. The molecule has 0 unspecified atom stereocenters. The van der Waals surface area contributed by atoms with Gasteiger partial charge in [0.05, 0.1) is 0 Å². The van der Waals surface area contributed by atoms with Crippen LogP contribution >= 0.6 is 0 Å². The van der Waals surface area contributed by atoms with E-state index in [4.69, 9.17) is 0 Å². The number of benzene rings is 1. The molecule has 1 aromatic carbocycles. The van der Waals surface area contributed by atoms with Gasteiger partial charge in [0.25, 0.3) is 0 Å². The SMILES string of the molecule is C=C1C(C)=C[C-]=C(c2ccc(OCC(F)(F)F)cc2)N1C.[Y]. The predicted molar refractivity (Wildman–Crippen MR) is 75.3 cm³/mol. The van der Waals surface area contributed by atoms with E-state index in [0.717, 1.165) is 22.5 Å². The van der Waals surface area contributed by atoms with Crippen LogP contribution in [0.15, 0.2) is 48.2 Å². The van der Waals surface area contributed by atoms with E-state index in [-0.39, 0.29) is 38.5 Å². The van der Waals surface area contributed by atoms with Crippen LogP contribution in [-0.2, 0) is 32.7 Å². The van der Waals surface area contributed by atoms with Crippen molar-refractivity contribution in [2.45, 2.75) is 13.1 Å². The first kappa shape index (κ1) is 19.0. The minimum Gasteiger partial charge on any atom is -0.484 e. The molecule has 1 radical (unpaired) electrons. The van der Waals surface area contributed by atoms with E-state index in [9.17, 15) is 13.2 Å². The fraction of sp³-hybridized carbons (Fsp3) is 0.250. The molecule has 1 aliphatic rings. The van der Waals surface area contributed by atoms with Gasteiger partial charge in [0.2, 0.25) is 0 Å². The zero-order chi connectivity index (χ0) is 15.6. The molecule has 115 valence electrons. The Labute approximate surface area is 153 Å². The number of hydrogen-bond acceptors (Lipinski definition) is 2. The van der Waals surface area contributed by atoms with Crippen LogP contribution in [0.4, 0.5) is 13.2 Å². The average molecular weight is 383 g/mol. The van der Waals surface area contributed by atoms with Gasteiger partial charge in [0.15, 0.2) is 6.61 Å². The normalized spacial score (nSPS) is 15.0. The molecule has 0 saturated carbocycles. The molecule has 1 aromatic rings. The Balaban J connectivity index is 0.00000242. The molecular formula is C16H15F3NOY-. The second-order valence-corrected chi connectivity index (χ2v) is 4.75. The van der Waals surface area contributed by atoms with Crippen molar-refractivity contribution in [2.75, 3.05) is 13.7 Å². The average Bonchev–Trinajstić information content (AvgIpc) is 2.43. The van der Waals surface area contributed by atoms with Crippen molar-refractivity contribution in [1.82, 2.24) is 4.90 Å². The van der Waals surface area contributed by atoms with E-state index in [1.54, 1.807) is 12.1 Å². The summed E-state index contributed by atoms with van der Waals surface area (Å²) < 4.78 is 40.9. The summed E-state index contributed by atoms with van der Waals surface area (Å²) in [7, 11) is 1.87. The number of ether oxygens (including phenoxy) is 1. The topological polar surface area (TPSA) is 12.5 Å². The minimum absolute atomic E-state index is 0. The number of halogens is 3. The summed E-state index contributed by atoms with van der Waals surface area (Å²) in [5.41, 5.74) is 3.53. The van der Waals surface area contributed by atoms with Crippen molar-refractivity contribution in [1.29, 1.82) is 0 Å². The van der Waals surface area contributed by atoms with Gasteiger partial charge in [-0.2, -0.15) is 25.3 Å². The van der Waals surface area contributed by atoms with Crippen LogP contribution < -0.4 is 4.74 Å². The van der Waals surface area contributed by atoms with Crippen molar-refractivity contribution >= 4 is 5.70 Å². The molecule has 22 heavy (non-hydrogen) atoms. The van der Waals surface area contributed by atoms with E-state index in [2.05, 4.69) is 17.4 Å². The third-order valence-electron chi connectivity index (χ3n) is 3.15. The summed E-state index contributed by atoms with van der Waals surface area (Å²) in [5, 5.41) is 0. The molecule has 1 heterocycles. The van der Waals surface area contributed by atoms with Crippen molar-refractivity contribution in [2.24, 2.45) is 0 Å². The van der Waals surface area contributed by atoms with Gasteiger partial charge in [0, 0.05) is 39.8 Å². The zero-order valence-electron chi connectivity index (χ0n) is 12.4. The van der Waals surface area contributed by atoms with Crippen molar-refractivity contribution in [3.63, 3.8) is 0 Å². The molecule has 0 bridgehead atoms. The molecule has 0 aliphatic carbocycles. The Morgan fingerprint density at radius 3 is 2.36 bits per heavy atom. The van der Waals surface area contributed by atoms with E-state index >= 15 is 0 Å². The van der Waals surface area contributed by atoms with Gasteiger partial charge in [-0.25, -0.2) is 0 Å². The number of nitrogens with zero attached hydrogens (tertiary/aromatic N) is 1. The Bertz CT molecular complexity index is 603. The number of rotatable bonds is 3. The molecule has 0 fully saturated rings. The zero-order valence-corrected chi connectivity index (χ0v) is 15.2. The summed E-state index contributed by atoms with van der Waals surface area (Å²) in [4.78, 5) is 1.89. The van der Waals surface area contributed by atoms with Gasteiger partial charge in [-0.1, -0.05) is 24.8 Å². The van der Waals surface area contributed by atoms with E-state index < -0.39 is 12.8 Å². The Hall–Kier alpha value is -1.07. The molecular weight excluding hydrogens is 368 g/mol. The third-order valence-corrected chi connectivity index (χ3v) is 3.15. The summed E-state index contributed by atoms with van der Waals surface area (Å²) in [6, 6.07) is 6.42. The first-order chi connectivity index (χ1) is 9.78. The van der Waals surface area contributed by atoms with Gasteiger partial charge in [0.1, 0.15) is 5.75 Å². The monoisotopic (exact) mass is 383 g/mol. The second kappa shape index (κ2) is 7.47. The second-order valence-electron chi connectivity index (χ2n) is 4.75. The van der Waals surface area contributed by atoms with Crippen LogP contribution in [0, 0.1) is 6.08 Å². The van der Waals surface area contributed by atoms with Gasteiger partial charge in [-0.05, 0) is 17.8 Å².